The van der Waals surface area contributed by atoms with Crippen molar-refractivity contribution < 1.29 is 19.3 Å². The fourth-order valence-electron chi connectivity index (χ4n) is 1.26. The van der Waals surface area contributed by atoms with E-state index in [4.69, 9.17) is 0 Å². The number of carbonyl (C=O) groups is 2. The molecule has 6 heteroatoms. The lowest BCUT2D eigenvalue weighted by Crippen LogP contribution is -2.42. The number of carbonyl (C=O) groups excluding carboxylic acids is 2. The van der Waals surface area contributed by atoms with Crippen LogP contribution in [0.15, 0.2) is 0 Å². The fraction of sp³-hybridized carbons (Fsp3) is 0.800. The van der Waals surface area contributed by atoms with Gasteiger partial charge in [-0.25, -0.2) is 11.0 Å². The van der Waals surface area contributed by atoms with Gasteiger partial charge in [-0.15, -0.1) is 0 Å². The van der Waals surface area contributed by atoms with Crippen molar-refractivity contribution in [1.82, 2.24) is 11.0 Å². The van der Waals surface area contributed by atoms with Gasteiger partial charge in [0.05, 0.1) is 14.2 Å². The molecule has 0 saturated carbocycles. The Morgan fingerprint density at radius 3 is 1.69 bits per heavy atom. The van der Waals surface area contributed by atoms with Gasteiger partial charge >= 0.3 is 0 Å². The van der Waals surface area contributed by atoms with Crippen molar-refractivity contribution >= 4 is 11.8 Å². The van der Waals surface area contributed by atoms with Gasteiger partial charge in [0, 0.05) is 0 Å². The van der Waals surface area contributed by atoms with Crippen LogP contribution in [0.5, 0.6) is 0 Å². The molecule has 0 fully saturated rings. The van der Waals surface area contributed by atoms with Gasteiger partial charge in [-0.3, -0.25) is 19.3 Å². The molecule has 0 atom stereocenters. The van der Waals surface area contributed by atoms with E-state index in [-0.39, 0.29) is 5.41 Å². The first-order valence-electron chi connectivity index (χ1n) is 4.97. The summed E-state index contributed by atoms with van der Waals surface area (Å²) < 4.78 is 0. The largest absolute Gasteiger partial charge is 0.277 e. The Balaban J connectivity index is 4.62. The van der Waals surface area contributed by atoms with Crippen molar-refractivity contribution in [1.29, 1.82) is 0 Å². The van der Waals surface area contributed by atoms with E-state index in [1.54, 1.807) is 0 Å². The number of hydroxylamine groups is 2. The third kappa shape index (κ3) is 5.67. The first-order valence-corrected chi connectivity index (χ1v) is 4.97. The molecular weight excluding hydrogens is 212 g/mol. The summed E-state index contributed by atoms with van der Waals surface area (Å²) in [5.41, 5.74) is 4.15. The number of amides is 2. The summed E-state index contributed by atoms with van der Waals surface area (Å²) >= 11 is 0. The standard InChI is InChI=1S/C10H20N2O4/c1-10(2,3)6-7(8(13)11-15-4)9(14)12-16-5/h7H,6H2,1-5H3,(H,11,13)(H,12,14). The average molecular weight is 232 g/mol. The molecule has 0 aromatic heterocycles. The van der Waals surface area contributed by atoms with Gasteiger partial charge in [0.15, 0.2) is 0 Å². The molecule has 2 amide bonds. The highest BCUT2D eigenvalue weighted by Crippen LogP contribution is 2.24. The van der Waals surface area contributed by atoms with E-state index in [0.29, 0.717) is 6.42 Å². The Morgan fingerprint density at radius 1 is 1.06 bits per heavy atom. The molecule has 16 heavy (non-hydrogen) atoms. The van der Waals surface area contributed by atoms with E-state index in [2.05, 4.69) is 20.6 Å². The van der Waals surface area contributed by atoms with E-state index in [1.165, 1.54) is 14.2 Å². The Hall–Kier alpha value is -1.14. The zero-order valence-electron chi connectivity index (χ0n) is 10.4. The minimum Gasteiger partial charge on any atom is -0.277 e. The molecule has 0 spiro atoms. The van der Waals surface area contributed by atoms with Crippen molar-refractivity contribution in [3.05, 3.63) is 0 Å². The molecule has 6 nitrogen and oxygen atoms in total. The molecular formula is C10H20N2O4. The SMILES string of the molecule is CONC(=O)C(CC(C)(C)C)C(=O)NOC. The van der Waals surface area contributed by atoms with Crippen LogP contribution in [-0.2, 0) is 19.3 Å². The van der Waals surface area contributed by atoms with Crippen molar-refractivity contribution in [2.45, 2.75) is 27.2 Å². The Morgan fingerprint density at radius 2 is 1.44 bits per heavy atom. The molecule has 0 radical (unpaired) electrons. The monoisotopic (exact) mass is 232 g/mol. The first kappa shape index (κ1) is 14.9. The van der Waals surface area contributed by atoms with Gasteiger partial charge in [0.25, 0.3) is 11.8 Å². The lowest BCUT2D eigenvalue weighted by atomic mass is 9.84. The van der Waals surface area contributed by atoms with Crippen LogP contribution >= 0.6 is 0 Å². The summed E-state index contributed by atoms with van der Waals surface area (Å²) in [7, 11) is 2.64. The summed E-state index contributed by atoms with van der Waals surface area (Å²) in [6.07, 6.45) is 0.400. The Kier molecular flexibility index (Phi) is 5.98. The van der Waals surface area contributed by atoms with Crippen LogP contribution < -0.4 is 11.0 Å². The van der Waals surface area contributed by atoms with Crippen molar-refractivity contribution in [2.75, 3.05) is 14.2 Å². The molecule has 0 aromatic rings. The minimum absolute atomic E-state index is 0.152. The fourth-order valence-corrected chi connectivity index (χ4v) is 1.26. The molecule has 0 unspecified atom stereocenters. The van der Waals surface area contributed by atoms with Crippen LogP contribution in [0.25, 0.3) is 0 Å². The normalized spacial score (nSPS) is 11.4. The summed E-state index contributed by atoms with van der Waals surface area (Å²) in [5, 5.41) is 0. The van der Waals surface area contributed by atoms with Crippen LogP contribution in [0.1, 0.15) is 27.2 Å². The van der Waals surface area contributed by atoms with E-state index in [0.717, 1.165) is 0 Å². The lowest BCUT2D eigenvalue weighted by Gasteiger charge is -2.23. The second-order valence-corrected chi connectivity index (χ2v) is 4.66. The summed E-state index contributed by atoms with van der Waals surface area (Å²) in [4.78, 5) is 32.2. The second-order valence-electron chi connectivity index (χ2n) is 4.66. The van der Waals surface area contributed by atoms with E-state index >= 15 is 0 Å². The van der Waals surface area contributed by atoms with Crippen LogP contribution in [0.2, 0.25) is 0 Å². The van der Waals surface area contributed by atoms with Gasteiger partial charge in [-0.1, -0.05) is 20.8 Å². The Bertz CT molecular complexity index is 230. The van der Waals surface area contributed by atoms with E-state index in [1.807, 2.05) is 20.8 Å². The second kappa shape index (κ2) is 6.44. The third-order valence-electron chi connectivity index (χ3n) is 1.85. The van der Waals surface area contributed by atoms with Crippen molar-refractivity contribution in [3.63, 3.8) is 0 Å². The maximum absolute atomic E-state index is 11.6. The molecule has 0 heterocycles. The predicted molar refractivity (Wildman–Crippen MR) is 57.9 cm³/mol. The van der Waals surface area contributed by atoms with E-state index < -0.39 is 17.7 Å². The predicted octanol–water partition coefficient (Wildman–Crippen LogP) is 0.394. The maximum atomic E-state index is 11.6. The first-order chi connectivity index (χ1) is 7.31. The van der Waals surface area contributed by atoms with Gasteiger partial charge in [0.1, 0.15) is 5.92 Å². The highest BCUT2D eigenvalue weighted by atomic mass is 16.6. The van der Waals surface area contributed by atoms with Crippen molar-refractivity contribution in [3.8, 4) is 0 Å². The van der Waals surface area contributed by atoms with Gasteiger partial charge < -0.3 is 0 Å². The lowest BCUT2D eigenvalue weighted by molar-refractivity contribution is -0.148. The molecule has 94 valence electrons. The van der Waals surface area contributed by atoms with Crippen LogP contribution in [0.3, 0.4) is 0 Å². The Labute approximate surface area is 95.6 Å². The minimum atomic E-state index is -0.833. The number of rotatable bonds is 5. The molecule has 0 aromatic carbocycles. The smallest absolute Gasteiger partial charge is 0.256 e. The van der Waals surface area contributed by atoms with Gasteiger partial charge in [-0.05, 0) is 11.8 Å². The van der Waals surface area contributed by atoms with Crippen LogP contribution in [-0.4, -0.2) is 26.0 Å². The number of hydrogen-bond donors (Lipinski definition) is 2. The van der Waals surface area contributed by atoms with Crippen molar-refractivity contribution in [2.24, 2.45) is 11.3 Å². The quantitative estimate of drug-likeness (QED) is 0.531. The topological polar surface area (TPSA) is 76.7 Å². The van der Waals surface area contributed by atoms with Gasteiger partial charge in [-0.2, -0.15) is 0 Å². The van der Waals surface area contributed by atoms with Gasteiger partial charge in [0.2, 0.25) is 0 Å². The summed E-state index contributed by atoms with van der Waals surface area (Å²) in [5.74, 6) is -1.79. The molecule has 0 aliphatic carbocycles. The summed E-state index contributed by atoms with van der Waals surface area (Å²) in [6, 6.07) is 0. The number of nitrogens with one attached hydrogen (secondary N) is 2. The summed E-state index contributed by atoms with van der Waals surface area (Å²) in [6.45, 7) is 5.83. The van der Waals surface area contributed by atoms with Crippen LogP contribution in [0.4, 0.5) is 0 Å². The molecule has 0 aliphatic heterocycles. The molecule has 0 rings (SSSR count). The van der Waals surface area contributed by atoms with Crippen LogP contribution in [0, 0.1) is 11.3 Å². The molecule has 0 bridgehead atoms. The highest BCUT2D eigenvalue weighted by molar-refractivity contribution is 5.99. The molecule has 0 saturated heterocycles. The zero-order chi connectivity index (χ0) is 12.8. The maximum Gasteiger partial charge on any atom is 0.256 e. The highest BCUT2D eigenvalue weighted by Gasteiger charge is 2.31. The van der Waals surface area contributed by atoms with E-state index in [9.17, 15) is 9.59 Å². The molecule has 2 N–H and O–H groups in total. The third-order valence-corrected chi connectivity index (χ3v) is 1.85. The number of hydrogen-bond acceptors (Lipinski definition) is 4. The average Bonchev–Trinajstić information content (AvgIpc) is 2.13. The molecule has 0 aliphatic rings. The zero-order valence-corrected chi connectivity index (χ0v) is 10.4.